The molecule has 0 unspecified atom stereocenters. The topological polar surface area (TPSA) is 30.5 Å². The van der Waals surface area contributed by atoms with E-state index in [4.69, 9.17) is 9.47 Å². The number of fused-ring (bicyclic) bond motifs is 1. The molecule has 0 bridgehead atoms. The van der Waals surface area contributed by atoms with Gasteiger partial charge in [-0.25, -0.2) is 0 Å². The van der Waals surface area contributed by atoms with Crippen molar-refractivity contribution in [2.24, 2.45) is 0 Å². The molecule has 1 aliphatic heterocycles. The van der Waals surface area contributed by atoms with E-state index >= 15 is 0 Å². The summed E-state index contributed by atoms with van der Waals surface area (Å²) in [5, 5.41) is 3.45. The van der Waals surface area contributed by atoms with Gasteiger partial charge in [0.15, 0.2) is 11.5 Å². The smallest absolute Gasteiger partial charge is 0.162 e. The van der Waals surface area contributed by atoms with Crippen molar-refractivity contribution in [3.8, 4) is 11.5 Å². The monoisotopic (exact) mass is 293 g/mol. The van der Waals surface area contributed by atoms with Gasteiger partial charge in [-0.1, -0.05) is 12.2 Å². The lowest BCUT2D eigenvalue weighted by Crippen LogP contribution is -2.37. The van der Waals surface area contributed by atoms with Gasteiger partial charge in [0.05, 0.1) is 0 Å². The molecule has 4 heteroatoms. The molecule has 1 heterocycles. The van der Waals surface area contributed by atoms with Crippen LogP contribution in [0.15, 0.2) is 35.2 Å². The third-order valence-electron chi connectivity index (χ3n) is 2.83. The standard InChI is InChI=1S/C16H23NO2S/c1-12(10-17-16(2,3)4)11-20-13-5-6-14-15(9-13)19-8-7-18-14/h5-6,9,17H,1,7-8,10-11H2,2-4H3. The van der Waals surface area contributed by atoms with Gasteiger partial charge >= 0.3 is 0 Å². The maximum absolute atomic E-state index is 5.59. The first-order valence-electron chi connectivity index (χ1n) is 6.88. The summed E-state index contributed by atoms with van der Waals surface area (Å²) >= 11 is 1.78. The Kier molecular flexibility index (Phi) is 5.00. The minimum atomic E-state index is 0.130. The van der Waals surface area contributed by atoms with Crippen LogP contribution >= 0.6 is 11.8 Å². The summed E-state index contributed by atoms with van der Waals surface area (Å²) in [4.78, 5) is 1.19. The number of benzene rings is 1. The van der Waals surface area contributed by atoms with Crippen LogP contribution in [0, 0.1) is 0 Å². The number of rotatable bonds is 5. The maximum atomic E-state index is 5.59. The second-order valence-electron chi connectivity index (χ2n) is 5.95. The average Bonchev–Trinajstić information content (AvgIpc) is 2.42. The third-order valence-corrected chi connectivity index (χ3v) is 3.97. The average molecular weight is 293 g/mol. The van der Waals surface area contributed by atoms with Crippen molar-refractivity contribution in [3.63, 3.8) is 0 Å². The summed E-state index contributed by atoms with van der Waals surface area (Å²) in [6.45, 7) is 12.7. The number of hydrogen-bond donors (Lipinski definition) is 1. The number of hydrogen-bond acceptors (Lipinski definition) is 4. The normalized spacial score (nSPS) is 14.2. The van der Waals surface area contributed by atoms with Crippen LogP contribution in [0.5, 0.6) is 11.5 Å². The quantitative estimate of drug-likeness (QED) is 0.665. The molecule has 0 saturated carbocycles. The van der Waals surface area contributed by atoms with Crippen molar-refractivity contribution in [2.75, 3.05) is 25.5 Å². The molecule has 110 valence electrons. The van der Waals surface area contributed by atoms with Gasteiger partial charge in [-0.3, -0.25) is 0 Å². The molecule has 0 aliphatic carbocycles. The molecule has 0 radical (unpaired) electrons. The van der Waals surface area contributed by atoms with Gasteiger partial charge in [0, 0.05) is 22.7 Å². The van der Waals surface area contributed by atoms with Crippen LogP contribution in [0.2, 0.25) is 0 Å². The molecule has 2 rings (SSSR count). The van der Waals surface area contributed by atoms with Crippen LogP contribution in [0.1, 0.15) is 20.8 Å². The van der Waals surface area contributed by atoms with Crippen LogP contribution in [0.3, 0.4) is 0 Å². The third kappa shape index (κ3) is 4.76. The maximum Gasteiger partial charge on any atom is 0.162 e. The van der Waals surface area contributed by atoms with Gasteiger partial charge in [-0.05, 0) is 39.0 Å². The Bertz CT molecular complexity index is 480. The fourth-order valence-electron chi connectivity index (χ4n) is 1.74. The number of ether oxygens (including phenoxy) is 2. The first kappa shape index (κ1) is 15.3. The van der Waals surface area contributed by atoms with Crippen LogP contribution in [0.4, 0.5) is 0 Å². The molecule has 0 atom stereocenters. The lowest BCUT2D eigenvalue weighted by atomic mass is 10.1. The van der Waals surface area contributed by atoms with E-state index in [-0.39, 0.29) is 5.54 Å². The van der Waals surface area contributed by atoms with Gasteiger partial charge in [0.25, 0.3) is 0 Å². The summed E-state index contributed by atoms with van der Waals surface area (Å²) in [5.41, 5.74) is 1.32. The van der Waals surface area contributed by atoms with Gasteiger partial charge in [-0.2, -0.15) is 0 Å². The fraction of sp³-hybridized carbons (Fsp3) is 0.500. The van der Waals surface area contributed by atoms with Gasteiger partial charge in [0.1, 0.15) is 13.2 Å². The van der Waals surface area contributed by atoms with Gasteiger partial charge < -0.3 is 14.8 Å². The predicted octanol–water partition coefficient (Wildman–Crippen LogP) is 3.49. The lowest BCUT2D eigenvalue weighted by Gasteiger charge is -2.21. The van der Waals surface area contributed by atoms with Crippen molar-refractivity contribution < 1.29 is 9.47 Å². The second-order valence-corrected chi connectivity index (χ2v) is 7.00. The molecule has 0 fully saturated rings. The molecule has 0 amide bonds. The molecule has 0 spiro atoms. The van der Waals surface area contributed by atoms with E-state index in [1.54, 1.807) is 11.8 Å². The van der Waals surface area contributed by atoms with E-state index in [0.717, 1.165) is 23.8 Å². The van der Waals surface area contributed by atoms with Crippen LogP contribution in [-0.2, 0) is 0 Å². The van der Waals surface area contributed by atoms with E-state index in [1.807, 2.05) is 12.1 Å². The number of nitrogens with one attached hydrogen (secondary N) is 1. The van der Waals surface area contributed by atoms with Gasteiger partial charge in [-0.15, -0.1) is 11.8 Å². The summed E-state index contributed by atoms with van der Waals surface area (Å²) in [6, 6.07) is 6.10. The Morgan fingerprint density at radius 1 is 1.25 bits per heavy atom. The van der Waals surface area contributed by atoms with E-state index < -0.39 is 0 Å². The highest BCUT2D eigenvalue weighted by atomic mass is 32.2. The molecule has 1 aromatic carbocycles. The van der Waals surface area contributed by atoms with Crippen LogP contribution in [0.25, 0.3) is 0 Å². The van der Waals surface area contributed by atoms with Gasteiger partial charge in [0.2, 0.25) is 0 Å². The Balaban J connectivity index is 1.83. The zero-order valence-electron chi connectivity index (χ0n) is 12.5. The minimum Gasteiger partial charge on any atom is -0.486 e. The van der Waals surface area contributed by atoms with Crippen molar-refractivity contribution in [2.45, 2.75) is 31.2 Å². The Hall–Kier alpha value is -1.13. The Morgan fingerprint density at radius 2 is 1.95 bits per heavy atom. The summed E-state index contributed by atoms with van der Waals surface area (Å²) in [5.74, 6) is 2.59. The molecular formula is C16H23NO2S. The first-order valence-corrected chi connectivity index (χ1v) is 7.87. The van der Waals surface area contributed by atoms with Crippen molar-refractivity contribution >= 4 is 11.8 Å². The zero-order chi connectivity index (χ0) is 14.6. The Morgan fingerprint density at radius 3 is 2.65 bits per heavy atom. The highest BCUT2D eigenvalue weighted by Gasteiger charge is 2.12. The molecule has 20 heavy (non-hydrogen) atoms. The molecule has 1 N–H and O–H groups in total. The summed E-state index contributed by atoms with van der Waals surface area (Å²) in [6.07, 6.45) is 0. The Labute approximate surface area is 125 Å². The van der Waals surface area contributed by atoms with E-state index in [1.165, 1.54) is 10.5 Å². The molecule has 1 aliphatic rings. The zero-order valence-corrected chi connectivity index (χ0v) is 13.3. The molecule has 0 saturated heterocycles. The second kappa shape index (κ2) is 6.55. The van der Waals surface area contributed by atoms with Crippen molar-refractivity contribution in [1.29, 1.82) is 0 Å². The molecule has 1 aromatic rings. The highest BCUT2D eigenvalue weighted by molar-refractivity contribution is 7.99. The highest BCUT2D eigenvalue weighted by Crippen LogP contribution is 2.34. The van der Waals surface area contributed by atoms with Crippen LogP contribution < -0.4 is 14.8 Å². The van der Waals surface area contributed by atoms with Crippen molar-refractivity contribution in [1.82, 2.24) is 5.32 Å². The van der Waals surface area contributed by atoms with E-state index in [9.17, 15) is 0 Å². The SMILES string of the molecule is C=C(CNC(C)(C)C)CSc1ccc2c(c1)OCCO2. The van der Waals surface area contributed by atoms with E-state index in [2.05, 4.69) is 38.7 Å². The largest absolute Gasteiger partial charge is 0.486 e. The molecule has 0 aromatic heterocycles. The van der Waals surface area contributed by atoms with E-state index in [0.29, 0.717) is 13.2 Å². The minimum absolute atomic E-state index is 0.130. The molecule has 3 nitrogen and oxygen atoms in total. The summed E-state index contributed by atoms with van der Waals surface area (Å²) < 4.78 is 11.1. The summed E-state index contributed by atoms with van der Waals surface area (Å²) in [7, 11) is 0. The number of thioether (sulfide) groups is 1. The predicted molar refractivity (Wildman–Crippen MR) is 85.1 cm³/mol. The fourth-order valence-corrected chi connectivity index (χ4v) is 2.57. The van der Waals surface area contributed by atoms with Crippen molar-refractivity contribution in [3.05, 3.63) is 30.4 Å². The first-order chi connectivity index (χ1) is 9.44. The molecular weight excluding hydrogens is 270 g/mol. The lowest BCUT2D eigenvalue weighted by molar-refractivity contribution is 0.171. The van der Waals surface area contributed by atoms with Crippen LogP contribution in [-0.4, -0.2) is 31.1 Å².